The summed E-state index contributed by atoms with van der Waals surface area (Å²) in [5, 5.41) is -0.401. The minimum Gasteiger partial charge on any atom is -0.357 e. The Morgan fingerprint density at radius 2 is 2.36 bits per heavy atom. The Labute approximate surface area is 73.5 Å². The Morgan fingerprint density at radius 1 is 1.64 bits per heavy atom. The molecule has 11 heavy (non-hydrogen) atoms. The topological polar surface area (TPSA) is 12.5 Å². The number of rotatable bonds is 2. The fraction of sp³-hybridized carbons (Fsp3) is 1.00. The second-order valence-corrected chi connectivity index (χ2v) is 3.91. The zero-order valence-corrected chi connectivity index (χ0v) is 8.02. The largest absolute Gasteiger partial charge is 0.357 e. The normalized spacial score (nSPS) is 34.1. The monoisotopic (exact) mass is 177 g/mol. The van der Waals surface area contributed by atoms with Crippen molar-refractivity contribution in [3.63, 3.8) is 0 Å². The van der Waals surface area contributed by atoms with Gasteiger partial charge in [-0.1, -0.05) is 24.9 Å². The molecule has 3 heteroatoms. The second kappa shape index (κ2) is 3.74. The van der Waals surface area contributed by atoms with Crippen molar-refractivity contribution in [1.29, 1.82) is 0 Å². The zero-order valence-electron chi connectivity index (χ0n) is 7.27. The lowest BCUT2D eigenvalue weighted by atomic mass is 10.1. The van der Waals surface area contributed by atoms with E-state index >= 15 is 0 Å². The third kappa shape index (κ3) is 2.62. The summed E-state index contributed by atoms with van der Waals surface area (Å²) in [6, 6.07) is 0. The van der Waals surface area contributed by atoms with Crippen LogP contribution in [0.2, 0.25) is 0 Å². The lowest BCUT2D eigenvalue weighted by Gasteiger charge is -2.36. The average Bonchev–Trinajstić information content (AvgIpc) is 1.86. The molecule has 0 aromatic carbocycles. The highest BCUT2D eigenvalue weighted by atomic mass is 35.5. The molecule has 66 valence electrons. The van der Waals surface area contributed by atoms with Crippen LogP contribution < -0.4 is 0 Å². The number of likely N-dealkylation sites (N-methyl/N-ethyl adjacent to an activating group) is 1. The summed E-state index contributed by atoms with van der Waals surface area (Å²) < 4.78 is 5.50. The number of morpholine rings is 1. The molecule has 0 saturated carbocycles. The van der Waals surface area contributed by atoms with Crippen LogP contribution in [0.25, 0.3) is 0 Å². The SMILES string of the molecule is CCCC1(Cl)CN(C)CCO1. The van der Waals surface area contributed by atoms with Gasteiger partial charge in [-0.25, -0.2) is 0 Å². The summed E-state index contributed by atoms with van der Waals surface area (Å²) >= 11 is 6.21. The Bertz CT molecular complexity index is 127. The maximum atomic E-state index is 6.21. The van der Waals surface area contributed by atoms with Gasteiger partial charge < -0.3 is 4.74 Å². The van der Waals surface area contributed by atoms with E-state index in [4.69, 9.17) is 16.3 Å². The van der Waals surface area contributed by atoms with E-state index < -0.39 is 5.06 Å². The maximum Gasteiger partial charge on any atom is 0.154 e. The van der Waals surface area contributed by atoms with E-state index in [-0.39, 0.29) is 0 Å². The molecule has 1 aliphatic rings. The first-order valence-electron chi connectivity index (χ1n) is 4.18. The molecule has 1 rings (SSSR count). The molecular formula is C8H16ClNO. The van der Waals surface area contributed by atoms with Gasteiger partial charge in [-0.3, -0.25) is 4.90 Å². The van der Waals surface area contributed by atoms with E-state index in [0.717, 1.165) is 32.5 Å². The van der Waals surface area contributed by atoms with E-state index in [1.807, 2.05) is 0 Å². The van der Waals surface area contributed by atoms with Crippen molar-refractivity contribution in [3.05, 3.63) is 0 Å². The predicted octanol–water partition coefficient (Wildman–Crippen LogP) is 1.68. The first-order valence-corrected chi connectivity index (χ1v) is 4.55. The molecule has 1 unspecified atom stereocenters. The highest BCUT2D eigenvalue weighted by Gasteiger charge is 2.31. The van der Waals surface area contributed by atoms with E-state index in [0.29, 0.717) is 0 Å². The Kier molecular flexibility index (Phi) is 3.16. The molecule has 0 radical (unpaired) electrons. The quantitative estimate of drug-likeness (QED) is 0.596. The summed E-state index contributed by atoms with van der Waals surface area (Å²) in [5.74, 6) is 0. The van der Waals surface area contributed by atoms with Crippen molar-refractivity contribution in [1.82, 2.24) is 4.90 Å². The molecule has 1 aliphatic heterocycles. The van der Waals surface area contributed by atoms with Crippen LogP contribution in [-0.2, 0) is 4.74 Å². The molecule has 1 atom stereocenters. The molecule has 0 aromatic rings. The van der Waals surface area contributed by atoms with Crippen LogP contribution >= 0.6 is 11.6 Å². The molecule has 1 heterocycles. The standard InChI is InChI=1S/C8H16ClNO/c1-3-4-8(9)7-10(2)5-6-11-8/h3-7H2,1-2H3. The number of halogens is 1. The molecule has 0 aliphatic carbocycles. The van der Waals surface area contributed by atoms with Crippen molar-refractivity contribution < 1.29 is 4.74 Å². The van der Waals surface area contributed by atoms with Crippen molar-refractivity contribution in [3.8, 4) is 0 Å². The third-order valence-electron chi connectivity index (χ3n) is 1.96. The van der Waals surface area contributed by atoms with E-state index in [1.54, 1.807) is 0 Å². The van der Waals surface area contributed by atoms with Gasteiger partial charge in [-0.15, -0.1) is 0 Å². The zero-order chi connectivity index (χ0) is 8.32. The van der Waals surface area contributed by atoms with E-state index in [1.165, 1.54) is 0 Å². The number of alkyl halides is 1. The van der Waals surface area contributed by atoms with Gasteiger partial charge in [-0.05, 0) is 13.5 Å². The summed E-state index contributed by atoms with van der Waals surface area (Å²) in [6.07, 6.45) is 2.02. The minimum atomic E-state index is -0.401. The van der Waals surface area contributed by atoms with Crippen LogP contribution in [0.4, 0.5) is 0 Å². The fourth-order valence-corrected chi connectivity index (χ4v) is 1.91. The van der Waals surface area contributed by atoms with Crippen LogP contribution in [0.1, 0.15) is 19.8 Å². The highest BCUT2D eigenvalue weighted by Crippen LogP contribution is 2.26. The molecule has 1 fully saturated rings. The Morgan fingerprint density at radius 3 is 2.91 bits per heavy atom. The number of hydrogen-bond acceptors (Lipinski definition) is 2. The predicted molar refractivity (Wildman–Crippen MR) is 46.9 cm³/mol. The molecule has 0 bridgehead atoms. The summed E-state index contributed by atoms with van der Waals surface area (Å²) in [6.45, 7) is 4.74. The van der Waals surface area contributed by atoms with Gasteiger partial charge in [0.25, 0.3) is 0 Å². The van der Waals surface area contributed by atoms with E-state index in [9.17, 15) is 0 Å². The number of hydrogen-bond donors (Lipinski definition) is 0. The third-order valence-corrected chi connectivity index (χ3v) is 2.38. The van der Waals surface area contributed by atoms with Crippen molar-refractivity contribution in [2.45, 2.75) is 24.8 Å². The van der Waals surface area contributed by atoms with Crippen molar-refractivity contribution >= 4 is 11.6 Å². The fourth-order valence-electron chi connectivity index (χ4n) is 1.44. The first kappa shape index (κ1) is 9.30. The second-order valence-electron chi connectivity index (χ2n) is 3.22. The van der Waals surface area contributed by atoms with Crippen LogP contribution in [0.5, 0.6) is 0 Å². The molecule has 0 amide bonds. The van der Waals surface area contributed by atoms with Gasteiger partial charge in [0.1, 0.15) is 0 Å². The molecular weight excluding hydrogens is 162 g/mol. The number of ether oxygens (including phenoxy) is 1. The van der Waals surface area contributed by atoms with E-state index in [2.05, 4.69) is 18.9 Å². The lowest BCUT2D eigenvalue weighted by Crippen LogP contribution is -2.46. The van der Waals surface area contributed by atoms with Crippen LogP contribution in [0, 0.1) is 0 Å². The van der Waals surface area contributed by atoms with Gasteiger partial charge in [0, 0.05) is 13.1 Å². The van der Waals surface area contributed by atoms with Crippen molar-refractivity contribution in [2.24, 2.45) is 0 Å². The smallest absolute Gasteiger partial charge is 0.154 e. The average molecular weight is 178 g/mol. The van der Waals surface area contributed by atoms with Gasteiger partial charge >= 0.3 is 0 Å². The highest BCUT2D eigenvalue weighted by molar-refractivity contribution is 6.23. The molecule has 2 nitrogen and oxygen atoms in total. The molecule has 0 spiro atoms. The van der Waals surface area contributed by atoms with Crippen LogP contribution in [-0.4, -0.2) is 36.7 Å². The number of nitrogens with zero attached hydrogens (tertiary/aromatic N) is 1. The molecule has 0 N–H and O–H groups in total. The molecule has 1 saturated heterocycles. The van der Waals surface area contributed by atoms with Crippen LogP contribution in [0.3, 0.4) is 0 Å². The molecule has 0 aromatic heterocycles. The summed E-state index contributed by atoms with van der Waals surface area (Å²) in [4.78, 5) is 2.21. The van der Waals surface area contributed by atoms with Gasteiger partial charge in [-0.2, -0.15) is 0 Å². The maximum absolute atomic E-state index is 6.21. The Hall–Kier alpha value is 0.210. The van der Waals surface area contributed by atoms with Crippen molar-refractivity contribution in [2.75, 3.05) is 26.7 Å². The first-order chi connectivity index (χ1) is 5.16. The summed E-state index contributed by atoms with van der Waals surface area (Å²) in [7, 11) is 2.08. The van der Waals surface area contributed by atoms with Crippen LogP contribution in [0.15, 0.2) is 0 Å². The van der Waals surface area contributed by atoms with Gasteiger partial charge in [0.2, 0.25) is 0 Å². The summed E-state index contributed by atoms with van der Waals surface area (Å²) in [5.41, 5.74) is 0. The van der Waals surface area contributed by atoms with Gasteiger partial charge in [0.05, 0.1) is 6.61 Å². The Balaban J connectivity index is 2.41. The van der Waals surface area contributed by atoms with Gasteiger partial charge in [0.15, 0.2) is 5.06 Å². The minimum absolute atomic E-state index is 0.401. The lowest BCUT2D eigenvalue weighted by molar-refractivity contribution is -0.0529.